The van der Waals surface area contributed by atoms with Crippen LogP contribution in [-0.4, -0.2) is 6.10 Å². The molecule has 0 heterocycles. The highest BCUT2D eigenvalue weighted by molar-refractivity contribution is 9.10. The molecule has 0 radical (unpaired) electrons. The van der Waals surface area contributed by atoms with Crippen LogP contribution >= 0.6 is 15.9 Å². The van der Waals surface area contributed by atoms with Crippen LogP contribution in [-0.2, 0) is 0 Å². The average molecular weight is 282 g/mol. The minimum absolute atomic E-state index is 0. The molecule has 0 fully saturated rings. The van der Waals surface area contributed by atoms with Crippen molar-refractivity contribution in [3.63, 3.8) is 0 Å². The Morgan fingerprint density at radius 2 is 2.07 bits per heavy atom. The van der Waals surface area contributed by atoms with Crippen LogP contribution < -0.4 is 28.4 Å². The SMILES string of the molecule is CC(C)Oc1cc(Br)ccc1N[NH3+].[Cl-]. The van der Waals surface area contributed by atoms with Crippen LogP contribution in [0, 0.1) is 0 Å². The molecule has 0 spiro atoms. The van der Waals surface area contributed by atoms with Gasteiger partial charge in [0.05, 0.1) is 6.10 Å². The molecule has 0 bridgehead atoms. The molecular weight excluding hydrogens is 267 g/mol. The van der Waals surface area contributed by atoms with E-state index in [1.165, 1.54) is 0 Å². The average Bonchev–Trinajstić information content (AvgIpc) is 2.03. The van der Waals surface area contributed by atoms with E-state index in [4.69, 9.17) is 4.74 Å². The van der Waals surface area contributed by atoms with Crippen molar-refractivity contribution >= 4 is 21.6 Å². The Hall–Kier alpha value is -0.450. The van der Waals surface area contributed by atoms with E-state index in [1.807, 2.05) is 32.0 Å². The van der Waals surface area contributed by atoms with Gasteiger partial charge in [0.2, 0.25) is 0 Å². The second-order valence-corrected chi connectivity index (χ2v) is 3.90. The fourth-order valence-corrected chi connectivity index (χ4v) is 1.33. The first kappa shape index (κ1) is 13.6. The lowest BCUT2D eigenvalue weighted by Gasteiger charge is -2.12. The monoisotopic (exact) mass is 280 g/mol. The summed E-state index contributed by atoms with van der Waals surface area (Å²) in [5.41, 5.74) is 3.73. The quantitative estimate of drug-likeness (QED) is 0.685. The van der Waals surface area contributed by atoms with Gasteiger partial charge in [-0.3, -0.25) is 5.84 Å². The van der Waals surface area contributed by atoms with Gasteiger partial charge in [-0.2, -0.15) is 0 Å². The van der Waals surface area contributed by atoms with Crippen molar-refractivity contribution in [2.24, 2.45) is 0 Å². The predicted molar refractivity (Wildman–Crippen MR) is 56.4 cm³/mol. The second kappa shape index (κ2) is 6.11. The Kier molecular flexibility index (Phi) is 5.92. The van der Waals surface area contributed by atoms with Gasteiger partial charge in [0.15, 0.2) is 0 Å². The zero-order valence-corrected chi connectivity index (χ0v) is 10.5. The van der Waals surface area contributed by atoms with Gasteiger partial charge < -0.3 is 17.1 Å². The zero-order chi connectivity index (χ0) is 9.84. The molecule has 4 N–H and O–H groups in total. The fourth-order valence-electron chi connectivity index (χ4n) is 0.994. The number of quaternary nitrogens is 1. The van der Waals surface area contributed by atoms with Crippen molar-refractivity contribution in [2.75, 3.05) is 5.43 Å². The van der Waals surface area contributed by atoms with E-state index in [9.17, 15) is 0 Å². The second-order valence-electron chi connectivity index (χ2n) is 2.98. The lowest BCUT2D eigenvalue weighted by Crippen LogP contribution is -3.00. The van der Waals surface area contributed by atoms with Crippen LogP contribution in [0.1, 0.15) is 13.8 Å². The first-order chi connectivity index (χ1) is 6.13. The minimum Gasteiger partial charge on any atom is -1.00 e. The number of benzene rings is 1. The molecule has 1 aromatic carbocycles. The maximum absolute atomic E-state index is 5.58. The van der Waals surface area contributed by atoms with Crippen LogP contribution in [0.25, 0.3) is 0 Å². The Labute approximate surface area is 98.5 Å². The number of ether oxygens (including phenoxy) is 1. The van der Waals surface area contributed by atoms with Gasteiger partial charge in [0.1, 0.15) is 11.4 Å². The van der Waals surface area contributed by atoms with Crippen LogP contribution in [0.5, 0.6) is 5.75 Å². The summed E-state index contributed by atoms with van der Waals surface area (Å²) in [6, 6.07) is 5.79. The van der Waals surface area contributed by atoms with Gasteiger partial charge >= 0.3 is 0 Å². The van der Waals surface area contributed by atoms with Crippen molar-refractivity contribution in [1.82, 2.24) is 0 Å². The highest BCUT2D eigenvalue weighted by Gasteiger charge is 2.05. The van der Waals surface area contributed by atoms with Crippen molar-refractivity contribution in [3.8, 4) is 5.75 Å². The van der Waals surface area contributed by atoms with E-state index in [1.54, 1.807) is 0 Å². The Balaban J connectivity index is 0.00000169. The van der Waals surface area contributed by atoms with Gasteiger partial charge in [-0.1, -0.05) is 15.9 Å². The third kappa shape index (κ3) is 3.74. The maximum atomic E-state index is 5.58. The van der Waals surface area contributed by atoms with Gasteiger partial charge in [0.25, 0.3) is 0 Å². The molecule has 0 saturated heterocycles. The molecule has 5 heteroatoms. The third-order valence-electron chi connectivity index (χ3n) is 1.50. The van der Waals surface area contributed by atoms with E-state index in [0.29, 0.717) is 0 Å². The van der Waals surface area contributed by atoms with Crippen molar-refractivity contribution < 1.29 is 23.0 Å². The summed E-state index contributed by atoms with van der Waals surface area (Å²) in [5, 5.41) is 0. The summed E-state index contributed by atoms with van der Waals surface area (Å²) in [5.74, 6) is 4.43. The predicted octanol–water partition coefficient (Wildman–Crippen LogP) is -1.19. The highest BCUT2D eigenvalue weighted by Crippen LogP contribution is 2.28. The van der Waals surface area contributed by atoms with Gasteiger partial charge in [-0.25, -0.2) is 5.43 Å². The van der Waals surface area contributed by atoms with Gasteiger partial charge in [-0.05, 0) is 32.0 Å². The molecule has 80 valence electrons. The molecule has 14 heavy (non-hydrogen) atoms. The van der Waals surface area contributed by atoms with Crippen molar-refractivity contribution in [3.05, 3.63) is 22.7 Å². The van der Waals surface area contributed by atoms with E-state index in [-0.39, 0.29) is 18.5 Å². The number of hydrogen-bond acceptors (Lipinski definition) is 2. The molecule has 0 atom stereocenters. The Morgan fingerprint density at radius 3 is 2.57 bits per heavy atom. The summed E-state index contributed by atoms with van der Waals surface area (Å²) >= 11 is 3.39. The molecule has 0 amide bonds. The molecular formula is C9H14BrClN2O. The van der Waals surface area contributed by atoms with Gasteiger partial charge in [-0.15, -0.1) is 0 Å². The molecule has 0 aliphatic heterocycles. The lowest BCUT2D eigenvalue weighted by molar-refractivity contribution is -0.325. The van der Waals surface area contributed by atoms with E-state index in [0.717, 1.165) is 15.9 Å². The summed E-state index contributed by atoms with van der Waals surface area (Å²) in [4.78, 5) is 0. The summed E-state index contributed by atoms with van der Waals surface area (Å²) in [6.07, 6.45) is 0.168. The van der Waals surface area contributed by atoms with Gasteiger partial charge in [0, 0.05) is 4.47 Å². The molecule has 1 aromatic rings. The number of halogens is 2. The highest BCUT2D eigenvalue weighted by atomic mass is 79.9. The first-order valence-corrected chi connectivity index (χ1v) is 4.92. The maximum Gasteiger partial charge on any atom is 0.149 e. The molecule has 3 nitrogen and oxygen atoms in total. The summed E-state index contributed by atoms with van der Waals surface area (Å²) in [6.45, 7) is 3.99. The molecule has 0 aromatic heterocycles. The molecule has 0 aliphatic carbocycles. The van der Waals surface area contributed by atoms with Crippen LogP contribution in [0.15, 0.2) is 22.7 Å². The Bertz CT molecular complexity index is 294. The Morgan fingerprint density at radius 1 is 1.43 bits per heavy atom. The topological polar surface area (TPSA) is 48.9 Å². The molecule has 0 saturated carbocycles. The summed E-state index contributed by atoms with van der Waals surface area (Å²) in [7, 11) is 0. The van der Waals surface area contributed by atoms with E-state index in [2.05, 4.69) is 27.2 Å². The van der Waals surface area contributed by atoms with Crippen molar-refractivity contribution in [1.29, 1.82) is 0 Å². The standard InChI is InChI=1S/C9H13BrN2O.ClH/c1-6(2)13-9-5-7(10)3-4-8(9)12-11;/h3-6,12H,11H2,1-2H3;1H. The lowest BCUT2D eigenvalue weighted by atomic mass is 10.3. The number of nitrogens with one attached hydrogen (secondary N) is 1. The molecule has 1 rings (SSSR count). The number of rotatable bonds is 3. The summed E-state index contributed by atoms with van der Waals surface area (Å²) < 4.78 is 6.59. The number of anilines is 1. The normalized spacial score (nSPS) is 9.50. The van der Waals surface area contributed by atoms with Crippen molar-refractivity contribution in [2.45, 2.75) is 20.0 Å². The molecule has 0 aliphatic rings. The van der Waals surface area contributed by atoms with Crippen LogP contribution in [0.2, 0.25) is 0 Å². The van der Waals surface area contributed by atoms with E-state index >= 15 is 0 Å². The minimum atomic E-state index is 0. The smallest absolute Gasteiger partial charge is 0.149 e. The molecule has 0 unspecified atom stereocenters. The van der Waals surface area contributed by atoms with Crippen LogP contribution in [0.3, 0.4) is 0 Å². The fraction of sp³-hybridized carbons (Fsp3) is 0.333. The first-order valence-electron chi connectivity index (χ1n) is 4.13. The number of hydrogen-bond donors (Lipinski definition) is 2. The zero-order valence-electron chi connectivity index (χ0n) is 8.18. The third-order valence-corrected chi connectivity index (χ3v) is 1.99. The largest absolute Gasteiger partial charge is 1.00 e. The van der Waals surface area contributed by atoms with E-state index < -0.39 is 0 Å². The van der Waals surface area contributed by atoms with Crippen LogP contribution in [0.4, 0.5) is 5.69 Å².